The SMILES string of the molecule is CSc1ccc(NC(=O)NC(C)(C)CC(=O)O)cc1. The largest absolute Gasteiger partial charge is 0.481 e. The lowest BCUT2D eigenvalue weighted by Gasteiger charge is -2.24. The first-order valence-electron chi connectivity index (χ1n) is 5.77. The van der Waals surface area contributed by atoms with Crippen molar-refractivity contribution < 1.29 is 14.7 Å². The molecule has 19 heavy (non-hydrogen) atoms. The molecule has 0 radical (unpaired) electrons. The quantitative estimate of drug-likeness (QED) is 0.726. The number of carbonyl (C=O) groups is 2. The van der Waals surface area contributed by atoms with Gasteiger partial charge in [-0.2, -0.15) is 0 Å². The van der Waals surface area contributed by atoms with Gasteiger partial charge in [-0.25, -0.2) is 4.79 Å². The predicted octanol–water partition coefficient (Wildman–Crippen LogP) is 2.78. The molecule has 0 aliphatic rings. The number of hydrogen-bond donors (Lipinski definition) is 3. The van der Waals surface area contributed by atoms with Crippen LogP contribution in [0.4, 0.5) is 10.5 Å². The fourth-order valence-electron chi connectivity index (χ4n) is 1.57. The molecule has 0 aliphatic heterocycles. The maximum Gasteiger partial charge on any atom is 0.319 e. The van der Waals surface area contributed by atoms with Gasteiger partial charge in [0.2, 0.25) is 0 Å². The van der Waals surface area contributed by atoms with E-state index in [4.69, 9.17) is 5.11 Å². The third-order valence-electron chi connectivity index (χ3n) is 2.39. The van der Waals surface area contributed by atoms with Gasteiger partial charge in [-0.05, 0) is 44.4 Å². The Labute approximate surface area is 116 Å². The van der Waals surface area contributed by atoms with Crippen LogP contribution in [0.1, 0.15) is 20.3 Å². The third kappa shape index (κ3) is 5.65. The van der Waals surface area contributed by atoms with E-state index < -0.39 is 17.5 Å². The summed E-state index contributed by atoms with van der Waals surface area (Å²) in [7, 11) is 0. The number of carboxylic acids is 1. The number of benzene rings is 1. The van der Waals surface area contributed by atoms with Gasteiger partial charge >= 0.3 is 12.0 Å². The molecule has 6 heteroatoms. The van der Waals surface area contributed by atoms with Gasteiger partial charge in [0.25, 0.3) is 0 Å². The average Bonchev–Trinajstić information content (AvgIpc) is 2.27. The Morgan fingerprint density at radius 2 is 1.84 bits per heavy atom. The predicted molar refractivity (Wildman–Crippen MR) is 76.7 cm³/mol. The molecule has 0 aliphatic carbocycles. The average molecular weight is 282 g/mol. The Morgan fingerprint density at radius 1 is 1.26 bits per heavy atom. The van der Waals surface area contributed by atoms with E-state index in [1.165, 1.54) is 0 Å². The molecule has 1 aromatic carbocycles. The van der Waals surface area contributed by atoms with Gasteiger partial charge in [-0.3, -0.25) is 4.79 Å². The molecule has 0 unspecified atom stereocenters. The summed E-state index contributed by atoms with van der Waals surface area (Å²) in [6, 6.07) is 7.00. The summed E-state index contributed by atoms with van der Waals surface area (Å²) in [6.07, 6.45) is 1.84. The van der Waals surface area contributed by atoms with Crippen LogP contribution in [-0.4, -0.2) is 28.9 Å². The van der Waals surface area contributed by atoms with E-state index in [0.717, 1.165) is 4.90 Å². The van der Waals surface area contributed by atoms with Crippen LogP contribution in [0.25, 0.3) is 0 Å². The van der Waals surface area contributed by atoms with Gasteiger partial charge in [-0.1, -0.05) is 0 Å². The Balaban J connectivity index is 2.56. The third-order valence-corrected chi connectivity index (χ3v) is 3.14. The highest BCUT2D eigenvalue weighted by molar-refractivity contribution is 7.98. The number of urea groups is 1. The van der Waals surface area contributed by atoms with Crippen molar-refractivity contribution >= 4 is 29.4 Å². The molecule has 0 fully saturated rings. The zero-order valence-corrected chi connectivity index (χ0v) is 12.0. The van der Waals surface area contributed by atoms with Crippen molar-refractivity contribution in [3.8, 4) is 0 Å². The van der Waals surface area contributed by atoms with E-state index in [1.807, 2.05) is 18.4 Å². The van der Waals surface area contributed by atoms with E-state index in [2.05, 4.69) is 10.6 Å². The number of carbonyl (C=O) groups excluding carboxylic acids is 1. The number of anilines is 1. The monoisotopic (exact) mass is 282 g/mol. The van der Waals surface area contributed by atoms with Gasteiger partial charge in [0.05, 0.1) is 6.42 Å². The van der Waals surface area contributed by atoms with Gasteiger partial charge in [0.1, 0.15) is 0 Å². The van der Waals surface area contributed by atoms with E-state index in [0.29, 0.717) is 5.69 Å². The highest BCUT2D eigenvalue weighted by Gasteiger charge is 2.23. The van der Waals surface area contributed by atoms with Gasteiger partial charge in [-0.15, -0.1) is 11.8 Å². The zero-order chi connectivity index (χ0) is 14.5. The molecule has 104 valence electrons. The molecule has 2 amide bonds. The molecular weight excluding hydrogens is 264 g/mol. The lowest BCUT2D eigenvalue weighted by atomic mass is 10.0. The molecule has 3 N–H and O–H groups in total. The maximum atomic E-state index is 11.7. The van der Waals surface area contributed by atoms with Crippen molar-refractivity contribution in [3.63, 3.8) is 0 Å². The van der Waals surface area contributed by atoms with Crippen molar-refractivity contribution in [2.75, 3.05) is 11.6 Å². The molecule has 0 saturated heterocycles. The van der Waals surface area contributed by atoms with Crippen LogP contribution >= 0.6 is 11.8 Å². The van der Waals surface area contributed by atoms with Crippen molar-refractivity contribution in [2.45, 2.75) is 30.7 Å². The van der Waals surface area contributed by atoms with Crippen LogP contribution in [0, 0.1) is 0 Å². The number of carboxylic acid groups (broad SMARTS) is 1. The number of rotatable bonds is 5. The summed E-state index contributed by atoms with van der Waals surface area (Å²) in [5.41, 5.74) is -0.129. The highest BCUT2D eigenvalue weighted by Crippen LogP contribution is 2.17. The normalized spacial score (nSPS) is 10.9. The molecule has 0 bridgehead atoms. The van der Waals surface area contributed by atoms with Crippen LogP contribution in [0.2, 0.25) is 0 Å². The minimum absolute atomic E-state index is 0.133. The van der Waals surface area contributed by atoms with Crippen LogP contribution in [0.3, 0.4) is 0 Å². The minimum atomic E-state index is -0.949. The Hall–Kier alpha value is -1.69. The zero-order valence-electron chi connectivity index (χ0n) is 11.2. The smallest absolute Gasteiger partial charge is 0.319 e. The summed E-state index contributed by atoms with van der Waals surface area (Å²) in [5.74, 6) is -0.949. The Kier molecular flexibility index (Phi) is 5.23. The van der Waals surface area contributed by atoms with Crippen LogP contribution < -0.4 is 10.6 Å². The molecule has 1 rings (SSSR count). The first kappa shape index (κ1) is 15.4. The maximum absolute atomic E-state index is 11.7. The molecule has 0 heterocycles. The fourth-order valence-corrected chi connectivity index (χ4v) is 1.97. The van der Waals surface area contributed by atoms with Crippen molar-refractivity contribution in [2.24, 2.45) is 0 Å². The van der Waals surface area contributed by atoms with Crippen LogP contribution in [0.5, 0.6) is 0 Å². The molecule has 0 aromatic heterocycles. The molecule has 0 saturated carbocycles. The summed E-state index contributed by atoms with van der Waals surface area (Å²) < 4.78 is 0. The first-order chi connectivity index (χ1) is 8.82. The first-order valence-corrected chi connectivity index (χ1v) is 7.00. The second-order valence-electron chi connectivity index (χ2n) is 4.76. The second kappa shape index (κ2) is 6.47. The minimum Gasteiger partial charge on any atom is -0.481 e. The summed E-state index contributed by atoms with van der Waals surface area (Å²) in [4.78, 5) is 23.5. The number of aliphatic carboxylic acids is 1. The second-order valence-corrected chi connectivity index (χ2v) is 5.64. The number of thioether (sulfide) groups is 1. The topological polar surface area (TPSA) is 78.4 Å². The van der Waals surface area contributed by atoms with Gasteiger partial charge in [0, 0.05) is 16.1 Å². The fraction of sp³-hybridized carbons (Fsp3) is 0.385. The van der Waals surface area contributed by atoms with E-state index in [9.17, 15) is 9.59 Å². The molecule has 0 atom stereocenters. The lowest BCUT2D eigenvalue weighted by molar-refractivity contribution is -0.138. The lowest BCUT2D eigenvalue weighted by Crippen LogP contribution is -2.46. The molecule has 0 spiro atoms. The highest BCUT2D eigenvalue weighted by atomic mass is 32.2. The molecule has 5 nitrogen and oxygen atoms in total. The summed E-state index contributed by atoms with van der Waals surface area (Å²) in [5, 5.41) is 14.0. The van der Waals surface area contributed by atoms with Crippen LogP contribution in [-0.2, 0) is 4.79 Å². The number of nitrogens with one attached hydrogen (secondary N) is 2. The van der Waals surface area contributed by atoms with Gasteiger partial charge in [0.15, 0.2) is 0 Å². The van der Waals surface area contributed by atoms with Gasteiger partial charge < -0.3 is 15.7 Å². The van der Waals surface area contributed by atoms with E-state index in [-0.39, 0.29) is 6.42 Å². The molecule has 1 aromatic rings. The van der Waals surface area contributed by atoms with E-state index in [1.54, 1.807) is 37.7 Å². The standard InChI is InChI=1S/C13H18N2O3S/c1-13(2,8-11(16)17)15-12(18)14-9-4-6-10(19-3)7-5-9/h4-7H,8H2,1-3H3,(H,16,17)(H2,14,15,18). The Bertz CT molecular complexity index is 457. The van der Waals surface area contributed by atoms with Crippen molar-refractivity contribution in [1.82, 2.24) is 5.32 Å². The molecular formula is C13H18N2O3S. The number of hydrogen-bond acceptors (Lipinski definition) is 3. The van der Waals surface area contributed by atoms with Crippen molar-refractivity contribution in [3.05, 3.63) is 24.3 Å². The Morgan fingerprint density at radius 3 is 2.32 bits per heavy atom. The van der Waals surface area contributed by atoms with Crippen molar-refractivity contribution in [1.29, 1.82) is 0 Å². The van der Waals surface area contributed by atoms with Crippen LogP contribution in [0.15, 0.2) is 29.2 Å². The number of amides is 2. The summed E-state index contributed by atoms with van der Waals surface area (Å²) >= 11 is 1.62. The van der Waals surface area contributed by atoms with E-state index >= 15 is 0 Å². The summed E-state index contributed by atoms with van der Waals surface area (Å²) in [6.45, 7) is 3.33.